The molecule has 74 valence electrons. The summed E-state index contributed by atoms with van der Waals surface area (Å²) < 4.78 is 22.0. The van der Waals surface area contributed by atoms with Gasteiger partial charge in [0.15, 0.2) is 9.84 Å². The first-order chi connectivity index (χ1) is 5.91. The predicted octanol–water partition coefficient (Wildman–Crippen LogP) is -0.134. The summed E-state index contributed by atoms with van der Waals surface area (Å²) >= 11 is 0. The van der Waals surface area contributed by atoms with Crippen molar-refractivity contribution in [2.24, 2.45) is 0 Å². The van der Waals surface area contributed by atoms with Gasteiger partial charge in [0.05, 0.1) is 11.5 Å². The van der Waals surface area contributed by atoms with Gasteiger partial charge in [-0.1, -0.05) is 6.58 Å². The van der Waals surface area contributed by atoms with Gasteiger partial charge in [-0.2, -0.15) is 0 Å². The third-order valence-electron chi connectivity index (χ3n) is 1.96. The molecule has 1 heterocycles. The van der Waals surface area contributed by atoms with Gasteiger partial charge in [0, 0.05) is 11.6 Å². The van der Waals surface area contributed by atoms with Crippen LogP contribution in [0.5, 0.6) is 0 Å². The quantitative estimate of drug-likeness (QED) is 0.636. The Morgan fingerprint density at radius 3 is 2.54 bits per heavy atom. The number of rotatable bonds is 2. The first-order valence-electron chi connectivity index (χ1n) is 4.07. The third-order valence-corrected chi connectivity index (χ3v) is 3.72. The molecule has 0 saturated carbocycles. The lowest BCUT2D eigenvalue weighted by molar-refractivity contribution is -0.117. The molecule has 0 aliphatic carbocycles. The van der Waals surface area contributed by atoms with Gasteiger partial charge in [0.1, 0.15) is 0 Å². The van der Waals surface area contributed by atoms with Gasteiger partial charge in [-0.3, -0.25) is 4.79 Å². The van der Waals surface area contributed by atoms with Crippen LogP contribution in [0.2, 0.25) is 0 Å². The van der Waals surface area contributed by atoms with Crippen molar-refractivity contribution in [1.29, 1.82) is 0 Å². The highest BCUT2D eigenvalue weighted by atomic mass is 32.2. The molecule has 1 N–H and O–H groups in total. The highest BCUT2D eigenvalue weighted by Crippen LogP contribution is 2.11. The first kappa shape index (κ1) is 10.2. The molecule has 1 amide bonds. The smallest absolute Gasteiger partial charge is 0.246 e. The Kier molecular flexibility index (Phi) is 2.75. The van der Waals surface area contributed by atoms with Crippen LogP contribution in [0.4, 0.5) is 0 Å². The van der Waals surface area contributed by atoms with E-state index in [9.17, 15) is 13.2 Å². The van der Waals surface area contributed by atoms with Crippen LogP contribution >= 0.6 is 0 Å². The molecule has 4 nitrogen and oxygen atoms in total. The second-order valence-corrected chi connectivity index (χ2v) is 5.58. The molecule has 0 aromatic heterocycles. The van der Waals surface area contributed by atoms with E-state index in [-0.39, 0.29) is 23.5 Å². The summed E-state index contributed by atoms with van der Waals surface area (Å²) in [6, 6.07) is -0.228. The van der Waals surface area contributed by atoms with E-state index in [0.29, 0.717) is 12.0 Å². The topological polar surface area (TPSA) is 63.2 Å². The van der Waals surface area contributed by atoms with E-state index in [2.05, 4.69) is 11.9 Å². The minimum atomic E-state index is -2.91. The van der Waals surface area contributed by atoms with Crippen molar-refractivity contribution < 1.29 is 13.2 Å². The predicted molar refractivity (Wildman–Crippen MR) is 50.0 cm³/mol. The Morgan fingerprint density at radius 2 is 2.15 bits per heavy atom. The molecular formula is C8H13NO3S. The SMILES string of the molecule is C=C(C)C(=O)N[C@@H]1CCS(=O)(=O)C1. The van der Waals surface area contributed by atoms with Crippen molar-refractivity contribution >= 4 is 15.7 Å². The van der Waals surface area contributed by atoms with Crippen LogP contribution in [0, 0.1) is 0 Å². The number of sulfone groups is 1. The van der Waals surface area contributed by atoms with Crippen molar-refractivity contribution in [3.05, 3.63) is 12.2 Å². The Morgan fingerprint density at radius 1 is 1.54 bits per heavy atom. The summed E-state index contributed by atoms with van der Waals surface area (Å²) in [7, 11) is -2.91. The maximum Gasteiger partial charge on any atom is 0.246 e. The summed E-state index contributed by atoms with van der Waals surface area (Å²) in [5, 5.41) is 2.62. The Balaban J connectivity index is 2.50. The van der Waals surface area contributed by atoms with Crippen LogP contribution in [0.3, 0.4) is 0 Å². The molecule has 13 heavy (non-hydrogen) atoms. The number of amides is 1. The molecule has 0 bridgehead atoms. The van der Waals surface area contributed by atoms with Gasteiger partial charge in [-0.25, -0.2) is 8.42 Å². The zero-order valence-electron chi connectivity index (χ0n) is 7.54. The van der Waals surface area contributed by atoms with E-state index in [1.165, 1.54) is 0 Å². The summed E-state index contributed by atoms with van der Waals surface area (Å²) in [6.07, 6.45) is 0.515. The molecule has 0 aromatic carbocycles. The van der Waals surface area contributed by atoms with Crippen LogP contribution in [-0.2, 0) is 14.6 Å². The monoisotopic (exact) mass is 203 g/mol. The molecule has 0 radical (unpaired) electrons. The minimum Gasteiger partial charge on any atom is -0.349 e. The second kappa shape index (κ2) is 3.49. The van der Waals surface area contributed by atoms with Gasteiger partial charge < -0.3 is 5.32 Å². The van der Waals surface area contributed by atoms with E-state index in [4.69, 9.17) is 0 Å². The van der Waals surface area contributed by atoms with Crippen LogP contribution in [0.1, 0.15) is 13.3 Å². The Labute approximate surface area is 77.9 Å². The molecule has 5 heteroatoms. The van der Waals surface area contributed by atoms with E-state index in [0.717, 1.165) is 0 Å². The third kappa shape index (κ3) is 2.84. The van der Waals surface area contributed by atoms with Gasteiger partial charge in [0.25, 0.3) is 0 Å². The molecule has 1 aliphatic heterocycles. The van der Waals surface area contributed by atoms with Crippen molar-refractivity contribution in [1.82, 2.24) is 5.32 Å². The highest BCUT2D eigenvalue weighted by molar-refractivity contribution is 7.91. The molecule has 1 atom stereocenters. The number of nitrogens with one attached hydrogen (secondary N) is 1. The van der Waals surface area contributed by atoms with E-state index in [1.807, 2.05) is 0 Å². The zero-order valence-corrected chi connectivity index (χ0v) is 8.36. The summed E-state index contributed by atoms with van der Waals surface area (Å²) in [6.45, 7) is 5.07. The zero-order chi connectivity index (χ0) is 10.1. The molecule has 1 aliphatic rings. The maximum absolute atomic E-state index is 11.1. The summed E-state index contributed by atoms with van der Waals surface area (Å²) in [5.41, 5.74) is 0.407. The average Bonchev–Trinajstić information content (AvgIpc) is 2.30. The van der Waals surface area contributed by atoms with Crippen LogP contribution in [0.15, 0.2) is 12.2 Å². The van der Waals surface area contributed by atoms with Crippen molar-refractivity contribution in [2.75, 3.05) is 11.5 Å². The molecule has 0 unspecified atom stereocenters. The number of hydrogen-bond acceptors (Lipinski definition) is 3. The number of carbonyl (C=O) groups is 1. The van der Waals surface area contributed by atoms with Crippen LogP contribution in [0.25, 0.3) is 0 Å². The van der Waals surface area contributed by atoms with Gasteiger partial charge >= 0.3 is 0 Å². The van der Waals surface area contributed by atoms with E-state index >= 15 is 0 Å². The fourth-order valence-electron chi connectivity index (χ4n) is 1.22. The molecule has 1 saturated heterocycles. The van der Waals surface area contributed by atoms with Crippen LogP contribution < -0.4 is 5.32 Å². The Hall–Kier alpha value is -0.840. The lowest BCUT2D eigenvalue weighted by Gasteiger charge is -2.09. The highest BCUT2D eigenvalue weighted by Gasteiger charge is 2.28. The van der Waals surface area contributed by atoms with Crippen molar-refractivity contribution in [3.63, 3.8) is 0 Å². The summed E-state index contributed by atoms with van der Waals surface area (Å²) in [4.78, 5) is 11.1. The molecule has 0 aromatic rings. The molecular weight excluding hydrogens is 190 g/mol. The number of hydrogen-bond donors (Lipinski definition) is 1. The van der Waals surface area contributed by atoms with Crippen LogP contribution in [-0.4, -0.2) is 31.9 Å². The standard InChI is InChI=1S/C8H13NO3S/c1-6(2)8(10)9-7-3-4-13(11,12)5-7/h7H,1,3-5H2,2H3,(H,9,10)/t7-/m1/s1. The first-order valence-corrected chi connectivity index (χ1v) is 5.89. The normalized spacial score (nSPS) is 25.5. The van der Waals surface area contributed by atoms with Crippen molar-refractivity contribution in [2.45, 2.75) is 19.4 Å². The average molecular weight is 203 g/mol. The van der Waals surface area contributed by atoms with Gasteiger partial charge in [0.2, 0.25) is 5.91 Å². The molecule has 1 rings (SSSR count). The van der Waals surface area contributed by atoms with E-state index in [1.54, 1.807) is 6.92 Å². The maximum atomic E-state index is 11.1. The lowest BCUT2D eigenvalue weighted by Crippen LogP contribution is -2.35. The lowest BCUT2D eigenvalue weighted by atomic mass is 10.2. The fraction of sp³-hybridized carbons (Fsp3) is 0.625. The summed E-state index contributed by atoms with van der Waals surface area (Å²) in [5.74, 6) is -0.0257. The fourth-order valence-corrected chi connectivity index (χ4v) is 2.89. The molecule has 1 fully saturated rings. The minimum absolute atomic E-state index is 0.0615. The van der Waals surface area contributed by atoms with Gasteiger partial charge in [-0.05, 0) is 13.3 Å². The largest absolute Gasteiger partial charge is 0.349 e. The van der Waals surface area contributed by atoms with Gasteiger partial charge in [-0.15, -0.1) is 0 Å². The van der Waals surface area contributed by atoms with E-state index < -0.39 is 9.84 Å². The van der Waals surface area contributed by atoms with Crippen molar-refractivity contribution in [3.8, 4) is 0 Å². The second-order valence-electron chi connectivity index (χ2n) is 3.35. The Bertz CT molecular complexity index is 331. The number of carbonyl (C=O) groups excluding carboxylic acids is 1. The molecule has 0 spiro atoms.